The molecule has 0 aliphatic carbocycles. The minimum atomic E-state index is 0.509. The highest BCUT2D eigenvalue weighted by Gasteiger charge is 2.07. The fraction of sp³-hybridized carbons (Fsp3) is 0.538. The third kappa shape index (κ3) is 3.24. The van der Waals surface area contributed by atoms with E-state index in [-0.39, 0.29) is 0 Å². The molecule has 0 radical (unpaired) electrons. The van der Waals surface area contributed by atoms with E-state index in [1.165, 1.54) is 11.1 Å². The third-order valence-electron chi connectivity index (χ3n) is 2.58. The Morgan fingerprint density at radius 3 is 2.60 bits per heavy atom. The van der Waals surface area contributed by atoms with E-state index in [0.717, 1.165) is 18.7 Å². The van der Waals surface area contributed by atoms with E-state index in [1.54, 1.807) is 7.11 Å². The lowest BCUT2D eigenvalue weighted by atomic mass is 9.98. The first kappa shape index (κ1) is 12.1. The molecular weight excluding hydrogens is 186 g/mol. The van der Waals surface area contributed by atoms with E-state index < -0.39 is 0 Å². The molecule has 1 rings (SSSR count). The smallest absolute Gasteiger partial charge is 0.122 e. The van der Waals surface area contributed by atoms with Gasteiger partial charge >= 0.3 is 0 Å². The van der Waals surface area contributed by atoms with Gasteiger partial charge in [-0.15, -0.1) is 0 Å². The number of likely N-dealkylation sites (N-methyl/N-ethyl adjacent to an activating group) is 1. The minimum Gasteiger partial charge on any atom is -0.496 e. The zero-order valence-electron chi connectivity index (χ0n) is 10.1. The molecule has 0 saturated carbocycles. The molecule has 0 heterocycles. The first-order chi connectivity index (χ1) is 7.19. The van der Waals surface area contributed by atoms with Gasteiger partial charge in [-0.1, -0.05) is 26.0 Å². The van der Waals surface area contributed by atoms with Crippen LogP contribution in [0.25, 0.3) is 0 Å². The molecule has 1 aromatic rings. The van der Waals surface area contributed by atoms with Crippen LogP contribution in [0.5, 0.6) is 5.75 Å². The zero-order chi connectivity index (χ0) is 11.3. The van der Waals surface area contributed by atoms with Gasteiger partial charge in [-0.3, -0.25) is 0 Å². The van der Waals surface area contributed by atoms with Gasteiger partial charge in [0, 0.05) is 0 Å². The number of nitrogens with one attached hydrogen (secondary N) is 1. The largest absolute Gasteiger partial charge is 0.496 e. The first-order valence-corrected chi connectivity index (χ1v) is 5.50. The van der Waals surface area contributed by atoms with E-state index >= 15 is 0 Å². The first-order valence-electron chi connectivity index (χ1n) is 5.50. The molecule has 0 unspecified atom stereocenters. The third-order valence-corrected chi connectivity index (χ3v) is 2.58. The van der Waals surface area contributed by atoms with Crippen LogP contribution in [0.2, 0.25) is 0 Å². The van der Waals surface area contributed by atoms with Crippen molar-refractivity contribution in [3.05, 3.63) is 29.3 Å². The Hall–Kier alpha value is -1.02. The van der Waals surface area contributed by atoms with E-state index in [1.807, 2.05) is 7.05 Å². The average molecular weight is 207 g/mol. The summed E-state index contributed by atoms with van der Waals surface area (Å²) in [5.74, 6) is 1.51. The van der Waals surface area contributed by atoms with Crippen LogP contribution in [0.3, 0.4) is 0 Å². The van der Waals surface area contributed by atoms with Crippen LogP contribution in [-0.2, 0) is 6.42 Å². The van der Waals surface area contributed by atoms with Crippen molar-refractivity contribution >= 4 is 0 Å². The fourth-order valence-corrected chi connectivity index (χ4v) is 1.66. The molecule has 0 aliphatic rings. The van der Waals surface area contributed by atoms with Gasteiger partial charge in [0.05, 0.1) is 7.11 Å². The van der Waals surface area contributed by atoms with E-state index in [2.05, 4.69) is 37.4 Å². The zero-order valence-corrected chi connectivity index (χ0v) is 10.1. The molecule has 1 N–H and O–H groups in total. The molecule has 1 aromatic carbocycles. The number of hydrogen-bond donors (Lipinski definition) is 1. The van der Waals surface area contributed by atoms with E-state index in [0.29, 0.717) is 5.92 Å². The number of hydrogen-bond acceptors (Lipinski definition) is 2. The van der Waals surface area contributed by atoms with Crippen molar-refractivity contribution in [2.24, 2.45) is 0 Å². The lowest BCUT2D eigenvalue weighted by molar-refractivity contribution is 0.407. The summed E-state index contributed by atoms with van der Waals surface area (Å²) < 4.78 is 5.35. The summed E-state index contributed by atoms with van der Waals surface area (Å²) in [4.78, 5) is 0. The van der Waals surface area contributed by atoms with Gasteiger partial charge in [0.2, 0.25) is 0 Å². The molecule has 0 spiro atoms. The van der Waals surface area contributed by atoms with Crippen molar-refractivity contribution in [1.82, 2.24) is 5.32 Å². The Balaban J connectivity index is 2.89. The lowest BCUT2D eigenvalue weighted by Gasteiger charge is -2.13. The van der Waals surface area contributed by atoms with Crippen LogP contribution in [-0.4, -0.2) is 20.7 Å². The van der Waals surface area contributed by atoms with Crippen LogP contribution in [0.15, 0.2) is 18.2 Å². The molecule has 0 aromatic heterocycles. The Morgan fingerprint density at radius 1 is 1.33 bits per heavy atom. The highest BCUT2D eigenvalue weighted by atomic mass is 16.5. The van der Waals surface area contributed by atoms with Gasteiger partial charge in [-0.2, -0.15) is 0 Å². The van der Waals surface area contributed by atoms with Gasteiger partial charge in [0.25, 0.3) is 0 Å². The maximum Gasteiger partial charge on any atom is 0.122 e. The Kier molecular flexibility index (Phi) is 4.63. The van der Waals surface area contributed by atoms with Crippen molar-refractivity contribution in [1.29, 1.82) is 0 Å². The number of ether oxygens (including phenoxy) is 1. The van der Waals surface area contributed by atoms with E-state index in [4.69, 9.17) is 4.74 Å². The van der Waals surface area contributed by atoms with Crippen molar-refractivity contribution < 1.29 is 4.74 Å². The quantitative estimate of drug-likeness (QED) is 0.801. The maximum absolute atomic E-state index is 5.35. The second-order valence-corrected chi connectivity index (χ2v) is 4.08. The second kappa shape index (κ2) is 5.76. The van der Waals surface area contributed by atoms with Crippen molar-refractivity contribution in [2.45, 2.75) is 26.2 Å². The molecule has 2 heteroatoms. The molecular formula is C13H21NO. The molecule has 0 amide bonds. The van der Waals surface area contributed by atoms with Crippen LogP contribution in [0, 0.1) is 0 Å². The average Bonchev–Trinajstić information content (AvgIpc) is 2.25. The highest BCUT2D eigenvalue weighted by molar-refractivity contribution is 5.39. The van der Waals surface area contributed by atoms with Crippen molar-refractivity contribution in [3.63, 3.8) is 0 Å². The van der Waals surface area contributed by atoms with Gasteiger partial charge in [-0.25, -0.2) is 0 Å². The minimum absolute atomic E-state index is 0.509. The SMILES string of the molecule is CNCCc1ccc(OC)c(C(C)C)c1. The van der Waals surface area contributed by atoms with Gasteiger partial charge in [0.1, 0.15) is 5.75 Å². The maximum atomic E-state index is 5.35. The highest BCUT2D eigenvalue weighted by Crippen LogP contribution is 2.27. The van der Waals surface area contributed by atoms with Crippen LogP contribution in [0.1, 0.15) is 30.9 Å². The van der Waals surface area contributed by atoms with Gasteiger partial charge in [-0.05, 0) is 43.1 Å². The molecule has 0 bridgehead atoms. The van der Waals surface area contributed by atoms with Gasteiger partial charge in [0.15, 0.2) is 0 Å². The fourth-order valence-electron chi connectivity index (χ4n) is 1.66. The van der Waals surface area contributed by atoms with Crippen LogP contribution in [0.4, 0.5) is 0 Å². The normalized spacial score (nSPS) is 10.7. The van der Waals surface area contributed by atoms with Crippen molar-refractivity contribution in [3.8, 4) is 5.75 Å². The molecule has 15 heavy (non-hydrogen) atoms. The lowest BCUT2D eigenvalue weighted by Crippen LogP contribution is -2.10. The number of rotatable bonds is 5. The molecule has 0 saturated heterocycles. The monoisotopic (exact) mass is 207 g/mol. The topological polar surface area (TPSA) is 21.3 Å². The summed E-state index contributed by atoms with van der Waals surface area (Å²) in [5, 5.41) is 3.16. The summed E-state index contributed by atoms with van der Waals surface area (Å²) in [7, 11) is 3.71. The molecule has 0 fully saturated rings. The summed E-state index contributed by atoms with van der Waals surface area (Å²) in [6.45, 7) is 5.41. The predicted octanol–water partition coefficient (Wildman–Crippen LogP) is 2.58. The second-order valence-electron chi connectivity index (χ2n) is 4.08. The Bertz CT molecular complexity index is 307. The Morgan fingerprint density at radius 2 is 2.07 bits per heavy atom. The summed E-state index contributed by atoms with van der Waals surface area (Å²) >= 11 is 0. The predicted molar refractivity (Wildman–Crippen MR) is 64.7 cm³/mol. The van der Waals surface area contributed by atoms with E-state index in [9.17, 15) is 0 Å². The van der Waals surface area contributed by atoms with Gasteiger partial charge < -0.3 is 10.1 Å². The summed E-state index contributed by atoms with van der Waals surface area (Å²) in [6, 6.07) is 6.46. The molecule has 0 atom stereocenters. The summed E-state index contributed by atoms with van der Waals surface area (Å²) in [5.41, 5.74) is 2.67. The molecule has 84 valence electrons. The standard InChI is InChI=1S/C13H21NO/c1-10(2)12-9-11(7-8-14-3)5-6-13(12)15-4/h5-6,9-10,14H,7-8H2,1-4H3. The molecule has 2 nitrogen and oxygen atoms in total. The van der Waals surface area contributed by atoms with Crippen molar-refractivity contribution in [2.75, 3.05) is 20.7 Å². The van der Waals surface area contributed by atoms with Crippen LogP contribution < -0.4 is 10.1 Å². The van der Waals surface area contributed by atoms with Crippen LogP contribution >= 0.6 is 0 Å². The number of benzene rings is 1. The summed E-state index contributed by atoms with van der Waals surface area (Å²) in [6.07, 6.45) is 1.07. The number of methoxy groups -OCH3 is 1. The molecule has 0 aliphatic heterocycles. The Labute approximate surface area is 92.6 Å².